The van der Waals surface area contributed by atoms with E-state index in [1.54, 1.807) is 11.3 Å². The van der Waals surface area contributed by atoms with Crippen LogP contribution in [0.25, 0.3) is 0 Å². The van der Waals surface area contributed by atoms with Gasteiger partial charge in [-0.05, 0) is 49.8 Å². The molecule has 0 saturated carbocycles. The number of thiazole rings is 1. The van der Waals surface area contributed by atoms with Crippen molar-refractivity contribution in [3.63, 3.8) is 0 Å². The summed E-state index contributed by atoms with van der Waals surface area (Å²) in [6.07, 6.45) is 5.18. The van der Waals surface area contributed by atoms with Crippen molar-refractivity contribution in [2.24, 2.45) is 0 Å². The molecule has 0 radical (unpaired) electrons. The minimum absolute atomic E-state index is 0.0956. The van der Waals surface area contributed by atoms with Crippen molar-refractivity contribution in [1.29, 1.82) is 0 Å². The number of carbonyl (C=O) groups is 1. The predicted molar refractivity (Wildman–Crippen MR) is 102 cm³/mol. The van der Waals surface area contributed by atoms with Crippen molar-refractivity contribution in [1.82, 2.24) is 15.2 Å². The molecule has 0 saturated heterocycles. The van der Waals surface area contributed by atoms with Crippen LogP contribution in [0.15, 0.2) is 33.2 Å². The SMILES string of the molecule is Cc1nc(Cc2nnc(SCC(=O)c3ccc4c(c3)CCCC4)o2)cs1. The van der Waals surface area contributed by atoms with Gasteiger partial charge in [0.2, 0.25) is 5.89 Å². The van der Waals surface area contributed by atoms with Crippen molar-refractivity contribution >= 4 is 28.9 Å². The van der Waals surface area contributed by atoms with Crippen LogP contribution in [-0.2, 0) is 19.3 Å². The van der Waals surface area contributed by atoms with E-state index in [1.165, 1.54) is 35.7 Å². The molecule has 0 bridgehead atoms. The molecule has 26 heavy (non-hydrogen) atoms. The Morgan fingerprint density at radius 2 is 2.08 bits per heavy atom. The number of fused-ring (bicyclic) bond motifs is 1. The highest BCUT2D eigenvalue weighted by Gasteiger charge is 2.15. The molecule has 5 nitrogen and oxygen atoms in total. The van der Waals surface area contributed by atoms with E-state index in [0.717, 1.165) is 29.1 Å². The molecule has 0 spiro atoms. The van der Waals surface area contributed by atoms with E-state index in [4.69, 9.17) is 4.42 Å². The fraction of sp³-hybridized carbons (Fsp3) is 0.368. The third-order valence-electron chi connectivity index (χ3n) is 4.44. The van der Waals surface area contributed by atoms with Gasteiger partial charge in [-0.1, -0.05) is 23.9 Å². The first-order valence-corrected chi connectivity index (χ1v) is 10.5. The summed E-state index contributed by atoms with van der Waals surface area (Å²) in [6.45, 7) is 1.97. The van der Waals surface area contributed by atoms with Crippen LogP contribution in [0.4, 0.5) is 0 Å². The number of carbonyl (C=O) groups excluding carboxylic acids is 1. The minimum Gasteiger partial charge on any atom is -0.416 e. The van der Waals surface area contributed by atoms with E-state index in [-0.39, 0.29) is 5.78 Å². The Morgan fingerprint density at radius 3 is 2.88 bits per heavy atom. The molecule has 1 aliphatic rings. The first-order chi connectivity index (χ1) is 12.7. The minimum atomic E-state index is 0.0956. The highest BCUT2D eigenvalue weighted by molar-refractivity contribution is 7.99. The Bertz CT molecular complexity index is 933. The Labute approximate surface area is 160 Å². The molecule has 0 N–H and O–H groups in total. The second-order valence-electron chi connectivity index (χ2n) is 6.40. The maximum Gasteiger partial charge on any atom is 0.277 e. The lowest BCUT2D eigenvalue weighted by Crippen LogP contribution is -2.07. The van der Waals surface area contributed by atoms with Gasteiger partial charge < -0.3 is 4.42 Å². The molecular formula is C19H19N3O2S2. The molecular weight excluding hydrogens is 366 g/mol. The van der Waals surface area contributed by atoms with Gasteiger partial charge in [0.25, 0.3) is 5.22 Å². The number of thioether (sulfide) groups is 1. The topological polar surface area (TPSA) is 68.9 Å². The fourth-order valence-corrected chi connectivity index (χ4v) is 4.42. The number of hydrogen-bond acceptors (Lipinski definition) is 7. The highest BCUT2D eigenvalue weighted by atomic mass is 32.2. The lowest BCUT2D eigenvalue weighted by molar-refractivity contribution is 0.102. The standard InChI is InChI=1S/C19H19N3O2S2/c1-12-20-16(10-25-12)9-18-21-22-19(24-18)26-11-17(23)15-7-6-13-4-2-3-5-14(13)8-15/h6-8,10H,2-5,9,11H2,1H3. The van der Waals surface area contributed by atoms with E-state index in [9.17, 15) is 4.79 Å². The average molecular weight is 386 g/mol. The summed E-state index contributed by atoms with van der Waals surface area (Å²) in [6, 6.07) is 6.10. The van der Waals surface area contributed by atoms with Gasteiger partial charge >= 0.3 is 0 Å². The first-order valence-electron chi connectivity index (χ1n) is 8.68. The molecule has 1 aliphatic carbocycles. The van der Waals surface area contributed by atoms with Gasteiger partial charge in [0.05, 0.1) is 22.9 Å². The van der Waals surface area contributed by atoms with E-state index >= 15 is 0 Å². The Morgan fingerprint density at radius 1 is 1.23 bits per heavy atom. The molecule has 0 unspecified atom stereocenters. The van der Waals surface area contributed by atoms with E-state index in [0.29, 0.717) is 23.3 Å². The van der Waals surface area contributed by atoms with Crippen molar-refractivity contribution in [3.8, 4) is 0 Å². The monoisotopic (exact) mass is 385 g/mol. The summed E-state index contributed by atoms with van der Waals surface area (Å²) >= 11 is 2.89. The van der Waals surface area contributed by atoms with Gasteiger partial charge in [-0.25, -0.2) is 4.98 Å². The zero-order chi connectivity index (χ0) is 17.9. The number of benzene rings is 1. The van der Waals surface area contributed by atoms with E-state index < -0.39 is 0 Å². The maximum atomic E-state index is 12.5. The quantitative estimate of drug-likeness (QED) is 0.466. The van der Waals surface area contributed by atoms with Crippen molar-refractivity contribution < 1.29 is 9.21 Å². The molecule has 0 aliphatic heterocycles. The third-order valence-corrected chi connectivity index (χ3v) is 6.09. The predicted octanol–water partition coefficient (Wildman–Crippen LogP) is 4.28. The molecule has 0 amide bonds. The van der Waals surface area contributed by atoms with Crippen LogP contribution in [0.5, 0.6) is 0 Å². The van der Waals surface area contributed by atoms with Crippen LogP contribution in [0.1, 0.15) is 50.9 Å². The van der Waals surface area contributed by atoms with Gasteiger partial charge in [0.1, 0.15) is 0 Å². The lowest BCUT2D eigenvalue weighted by atomic mass is 9.90. The average Bonchev–Trinajstić information content (AvgIpc) is 3.28. The normalized spacial score (nSPS) is 13.6. The molecule has 0 atom stereocenters. The van der Waals surface area contributed by atoms with E-state index in [2.05, 4.69) is 27.3 Å². The first kappa shape index (κ1) is 17.4. The molecule has 4 rings (SSSR count). The molecule has 2 aromatic heterocycles. The summed E-state index contributed by atoms with van der Waals surface area (Å²) in [7, 11) is 0. The van der Waals surface area contributed by atoms with Crippen LogP contribution in [-0.4, -0.2) is 26.7 Å². The number of ketones is 1. The van der Waals surface area contributed by atoms with Crippen molar-refractivity contribution in [2.75, 3.05) is 5.75 Å². The summed E-state index contributed by atoms with van der Waals surface area (Å²) in [5, 5.41) is 11.5. The fourth-order valence-electron chi connectivity index (χ4n) is 3.13. The lowest BCUT2D eigenvalue weighted by Gasteiger charge is -2.16. The van der Waals surface area contributed by atoms with Gasteiger partial charge in [-0.2, -0.15) is 0 Å². The van der Waals surface area contributed by atoms with Gasteiger partial charge in [0.15, 0.2) is 5.78 Å². The Hall–Kier alpha value is -1.99. The molecule has 134 valence electrons. The zero-order valence-corrected chi connectivity index (χ0v) is 16.2. The number of Topliss-reactive ketones (excluding diaryl/α,β-unsaturated/α-hetero) is 1. The van der Waals surface area contributed by atoms with E-state index in [1.807, 2.05) is 18.4 Å². The second-order valence-corrected chi connectivity index (χ2v) is 8.39. The van der Waals surface area contributed by atoms with Crippen LogP contribution in [0.3, 0.4) is 0 Å². The van der Waals surface area contributed by atoms with Crippen LogP contribution < -0.4 is 0 Å². The Balaban J connectivity index is 1.36. The number of aromatic nitrogens is 3. The molecule has 2 heterocycles. The molecule has 0 fully saturated rings. The molecule has 7 heteroatoms. The summed E-state index contributed by atoms with van der Waals surface area (Å²) in [5.74, 6) is 0.924. The maximum absolute atomic E-state index is 12.5. The summed E-state index contributed by atoms with van der Waals surface area (Å²) < 4.78 is 5.63. The van der Waals surface area contributed by atoms with Crippen LogP contribution in [0.2, 0.25) is 0 Å². The number of aryl methyl sites for hydroxylation is 3. The van der Waals surface area contributed by atoms with Crippen LogP contribution >= 0.6 is 23.1 Å². The number of rotatable bonds is 6. The number of nitrogens with zero attached hydrogens (tertiary/aromatic N) is 3. The highest BCUT2D eigenvalue weighted by Crippen LogP contribution is 2.24. The van der Waals surface area contributed by atoms with Gasteiger partial charge in [0, 0.05) is 10.9 Å². The third kappa shape index (κ3) is 4.04. The summed E-state index contributed by atoms with van der Waals surface area (Å²) in [4.78, 5) is 16.9. The molecule has 1 aromatic carbocycles. The second kappa shape index (κ2) is 7.72. The molecule has 3 aromatic rings. The van der Waals surface area contributed by atoms with Gasteiger partial charge in [-0.15, -0.1) is 21.5 Å². The van der Waals surface area contributed by atoms with Gasteiger partial charge in [-0.3, -0.25) is 4.79 Å². The largest absolute Gasteiger partial charge is 0.416 e. The zero-order valence-electron chi connectivity index (χ0n) is 14.5. The van der Waals surface area contributed by atoms with Crippen LogP contribution in [0, 0.1) is 6.92 Å². The van der Waals surface area contributed by atoms with Crippen molar-refractivity contribution in [2.45, 2.75) is 44.3 Å². The Kier molecular flexibility index (Phi) is 5.17. The smallest absolute Gasteiger partial charge is 0.277 e. The summed E-state index contributed by atoms with van der Waals surface area (Å²) in [5.41, 5.74) is 4.42. The number of hydrogen-bond donors (Lipinski definition) is 0. The van der Waals surface area contributed by atoms with Crippen molar-refractivity contribution in [3.05, 3.63) is 56.9 Å².